The van der Waals surface area contributed by atoms with E-state index < -0.39 is 0 Å². The Kier molecular flexibility index (Phi) is 5.99. The van der Waals surface area contributed by atoms with Crippen LogP contribution in [0.15, 0.2) is 18.2 Å². The maximum absolute atomic E-state index is 12.6. The van der Waals surface area contributed by atoms with Crippen LogP contribution in [0.1, 0.15) is 52.5 Å². The highest BCUT2D eigenvalue weighted by molar-refractivity contribution is 7.17. The van der Waals surface area contributed by atoms with Gasteiger partial charge in [0.1, 0.15) is 10.6 Å². The number of esters is 1. The second kappa shape index (κ2) is 8.23. The molecule has 140 valence electrons. The number of nitrogens with zero attached hydrogens (tertiary/aromatic N) is 1. The average Bonchev–Trinajstić information content (AvgIpc) is 2.94. The van der Waals surface area contributed by atoms with Gasteiger partial charge in [0.05, 0.1) is 6.61 Å². The lowest BCUT2D eigenvalue weighted by Gasteiger charge is -2.26. The van der Waals surface area contributed by atoms with Gasteiger partial charge in [-0.25, -0.2) is 4.79 Å². The van der Waals surface area contributed by atoms with Crippen molar-refractivity contribution in [1.82, 2.24) is 4.90 Å². The molecule has 1 saturated heterocycles. The summed E-state index contributed by atoms with van der Waals surface area (Å²) >= 11 is 1.53. The van der Waals surface area contributed by atoms with Crippen LogP contribution in [0, 0.1) is 13.8 Å². The first-order valence-electron chi connectivity index (χ1n) is 9.39. The number of aryl methyl sites for hydroxylation is 2. The second-order valence-corrected chi connectivity index (χ2v) is 8.13. The molecule has 0 amide bonds. The third-order valence-corrected chi connectivity index (χ3v) is 6.10. The van der Waals surface area contributed by atoms with Crippen molar-refractivity contribution in [2.45, 2.75) is 46.6 Å². The summed E-state index contributed by atoms with van der Waals surface area (Å²) in [4.78, 5) is 16.2. The van der Waals surface area contributed by atoms with Crippen molar-refractivity contribution in [3.05, 3.63) is 39.8 Å². The molecule has 0 radical (unpaired) electrons. The summed E-state index contributed by atoms with van der Waals surface area (Å²) in [6.07, 6.45) is 3.79. The van der Waals surface area contributed by atoms with Crippen LogP contribution in [0.3, 0.4) is 0 Å². The Morgan fingerprint density at radius 3 is 2.58 bits per heavy atom. The second-order valence-electron chi connectivity index (χ2n) is 7.00. The third kappa shape index (κ3) is 3.94. The molecule has 0 spiro atoms. The highest BCUT2D eigenvalue weighted by atomic mass is 32.1. The number of nitrogens with two attached hydrogens (primary N) is 1. The van der Waals surface area contributed by atoms with Crippen LogP contribution in [0.4, 0.5) is 5.00 Å². The topological polar surface area (TPSA) is 55.6 Å². The maximum atomic E-state index is 12.6. The minimum absolute atomic E-state index is 0.320. The summed E-state index contributed by atoms with van der Waals surface area (Å²) in [5.74, 6) is -0.320. The zero-order valence-corrected chi connectivity index (χ0v) is 16.7. The van der Waals surface area contributed by atoms with E-state index in [0.29, 0.717) is 17.2 Å². The van der Waals surface area contributed by atoms with E-state index in [2.05, 4.69) is 36.9 Å². The average molecular weight is 373 g/mol. The molecule has 2 heterocycles. The molecule has 5 heteroatoms. The molecule has 0 atom stereocenters. The molecule has 1 fully saturated rings. The molecule has 0 bridgehead atoms. The van der Waals surface area contributed by atoms with Gasteiger partial charge < -0.3 is 10.5 Å². The number of ether oxygens (including phenoxy) is 1. The Morgan fingerprint density at radius 2 is 1.92 bits per heavy atom. The standard InChI is InChI=1S/C21H28N2O2S/c1-4-25-21(24)19-18(16-9-8-14(2)15(3)12-16)17(26-20(19)22)13-23-10-6-5-7-11-23/h8-9,12H,4-7,10-11,13,22H2,1-3H3. The molecule has 1 aliphatic heterocycles. The molecular formula is C21H28N2O2S. The van der Waals surface area contributed by atoms with Crippen molar-refractivity contribution >= 4 is 22.3 Å². The Balaban J connectivity index is 2.06. The number of nitrogen functional groups attached to an aromatic ring is 1. The van der Waals surface area contributed by atoms with Crippen LogP contribution in [-0.4, -0.2) is 30.6 Å². The molecule has 0 aliphatic carbocycles. The van der Waals surface area contributed by atoms with E-state index in [9.17, 15) is 4.79 Å². The van der Waals surface area contributed by atoms with Crippen molar-refractivity contribution in [3.8, 4) is 11.1 Å². The number of anilines is 1. The first-order valence-corrected chi connectivity index (χ1v) is 10.2. The van der Waals surface area contributed by atoms with Crippen molar-refractivity contribution in [1.29, 1.82) is 0 Å². The van der Waals surface area contributed by atoms with Crippen molar-refractivity contribution in [3.63, 3.8) is 0 Å². The summed E-state index contributed by atoms with van der Waals surface area (Å²) in [7, 11) is 0. The van der Waals surface area contributed by atoms with Crippen LogP contribution in [0.5, 0.6) is 0 Å². The van der Waals surface area contributed by atoms with Crippen LogP contribution < -0.4 is 5.73 Å². The Bertz CT molecular complexity index is 792. The van der Waals surface area contributed by atoms with E-state index in [4.69, 9.17) is 10.5 Å². The van der Waals surface area contributed by atoms with Crippen molar-refractivity contribution in [2.75, 3.05) is 25.4 Å². The smallest absolute Gasteiger partial charge is 0.341 e. The highest BCUT2D eigenvalue weighted by Crippen LogP contribution is 2.40. The van der Waals surface area contributed by atoms with Crippen molar-refractivity contribution < 1.29 is 9.53 Å². The first-order chi connectivity index (χ1) is 12.5. The zero-order valence-electron chi connectivity index (χ0n) is 15.9. The molecule has 26 heavy (non-hydrogen) atoms. The quantitative estimate of drug-likeness (QED) is 0.768. The fraction of sp³-hybridized carbons (Fsp3) is 0.476. The van der Waals surface area contributed by atoms with Crippen LogP contribution >= 0.6 is 11.3 Å². The first kappa shape index (κ1) is 18.9. The number of likely N-dealkylation sites (tertiary alicyclic amines) is 1. The lowest BCUT2D eigenvalue weighted by Crippen LogP contribution is -2.28. The number of hydrogen-bond donors (Lipinski definition) is 1. The number of carbonyl (C=O) groups excluding carboxylic acids is 1. The van der Waals surface area contributed by atoms with Gasteiger partial charge in [0.25, 0.3) is 0 Å². The van der Waals surface area contributed by atoms with Gasteiger partial charge in [-0.1, -0.05) is 24.6 Å². The number of piperidine rings is 1. The zero-order chi connectivity index (χ0) is 18.7. The molecule has 1 aromatic heterocycles. The van der Waals surface area contributed by atoms with Gasteiger partial charge in [-0.3, -0.25) is 4.90 Å². The van der Waals surface area contributed by atoms with Gasteiger partial charge >= 0.3 is 5.97 Å². The maximum Gasteiger partial charge on any atom is 0.341 e. The lowest BCUT2D eigenvalue weighted by atomic mass is 9.97. The fourth-order valence-corrected chi connectivity index (χ4v) is 4.66. The summed E-state index contributed by atoms with van der Waals surface area (Å²) in [6.45, 7) is 9.44. The predicted octanol–water partition coefficient (Wildman–Crippen LogP) is 4.78. The molecule has 1 aromatic carbocycles. The largest absolute Gasteiger partial charge is 0.462 e. The monoisotopic (exact) mass is 372 g/mol. The van der Waals surface area contributed by atoms with E-state index in [1.165, 1.54) is 41.7 Å². The summed E-state index contributed by atoms with van der Waals surface area (Å²) in [5.41, 5.74) is 11.3. The molecule has 0 saturated carbocycles. The van der Waals surface area contributed by atoms with E-state index in [-0.39, 0.29) is 5.97 Å². The lowest BCUT2D eigenvalue weighted by molar-refractivity contribution is 0.0529. The molecular weight excluding hydrogens is 344 g/mol. The van der Waals surface area contributed by atoms with Crippen LogP contribution in [0.2, 0.25) is 0 Å². The molecule has 2 N–H and O–H groups in total. The van der Waals surface area contributed by atoms with E-state index in [0.717, 1.165) is 35.6 Å². The van der Waals surface area contributed by atoms with Gasteiger partial charge in [0.2, 0.25) is 0 Å². The minimum atomic E-state index is -0.320. The summed E-state index contributed by atoms with van der Waals surface area (Å²) in [5, 5.41) is 0.559. The Hall–Kier alpha value is -1.85. The van der Waals surface area contributed by atoms with E-state index in [1.807, 2.05) is 6.92 Å². The SMILES string of the molecule is CCOC(=O)c1c(N)sc(CN2CCCCC2)c1-c1ccc(C)c(C)c1. The van der Waals surface area contributed by atoms with Crippen LogP contribution in [-0.2, 0) is 11.3 Å². The Labute approximate surface area is 160 Å². The van der Waals surface area contributed by atoms with Crippen molar-refractivity contribution in [2.24, 2.45) is 0 Å². The molecule has 3 rings (SSSR count). The number of carbonyl (C=O) groups is 1. The number of rotatable bonds is 5. The highest BCUT2D eigenvalue weighted by Gasteiger charge is 2.26. The predicted molar refractivity (Wildman–Crippen MR) is 109 cm³/mol. The third-order valence-electron chi connectivity index (χ3n) is 5.10. The molecule has 4 nitrogen and oxygen atoms in total. The molecule has 2 aromatic rings. The summed E-state index contributed by atoms with van der Waals surface area (Å²) in [6, 6.07) is 6.35. The van der Waals surface area contributed by atoms with Gasteiger partial charge in [-0.2, -0.15) is 0 Å². The van der Waals surface area contributed by atoms with Gasteiger partial charge in [0.15, 0.2) is 0 Å². The van der Waals surface area contributed by atoms with E-state index >= 15 is 0 Å². The number of hydrogen-bond acceptors (Lipinski definition) is 5. The van der Waals surface area contributed by atoms with Crippen LogP contribution in [0.25, 0.3) is 11.1 Å². The molecule has 0 unspecified atom stereocenters. The number of thiophene rings is 1. The van der Waals surface area contributed by atoms with Gasteiger partial charge in [-0.15, -0.1) is 11.3 Å². The van der Waals surface area contributed by atoms with Gasteiger partial charge in [0, 0.05) is 17.0 Å². The Morgan fingerprint density at radius 1 is 1.19 bits per heavy atom. The molecule has 1 aliphatic rings. The van der Waals surface area contributed by atoms with Gasteiger partial charge in [-0.05, 0) is 63.4 Å². The number of benzene rings is 1. The normalized spacial score (nSPS) is 15.2. The van der Waals surface area contributed by atoms with E-state index in [1.54, 1.807) is 0 Å². The minimum Gasteiger partial charge on any atom is -0.462 e. The summed E-state index contributed by atoms with van der Waals surface area (Å²) < 4.78 is 5.30. The fourth-order valence-electron chi connectivity index (χ4n) is 3.54.